The Balaban J connectivity index is 2.16. The Morgan fingerprint density at radius 1 is 1.62 bits per heavy atom. The molecule has 0 saturated heterocycles. The van der Waals surface area contributed by atoms with Crippen molar-refractivity contribution in [3.05, 3.63) is 18.0 Å². The molecule has 1 saturated carbocycles. The summed E-state index contributed by atoms with van der Waals surface area (Å²) in [6, 6.07) is 2.12. The van der Waals surface area contributed by atoms with Crippen LogP contribution in [0.2, 0.25) is 0 Å². The maximum absolute atomic E-state index is 12.9. The van der Waals surface area contributed by atoms with E-state index in [1.54, 1.807) is 6.20 Å². The molecule has 0 radical (unpaired) electrons. The largest absolute Gasteiger partial charge is 0.325 e. The van der Waals surface area contributed by atoms with Gasteiger partial charge in [0.1, 0.15) is 6.17 Å². The lowest BCUT2D eigenvalue weighted by molar-refractivity contribution is 0.324. The van der Waals surface area contributed by atoms with Crippen LogP contribution >= 0.6 is 0 Å². The highest BCUT2D eigenvalue weighted by molar-refractivity contribution is 5.02. The van der Waals surface area contributed by atoms with E-state index in [9.17, 15) is 4.39 Å². The topological polar surface area (TPSA) is 43.8 Å². The minimum absolute atomic E-state index is 0.226. The number of nitrogens with zero attached hydrogens (tertiary/aromatic N) is 2. The van der Waals surface area contributed by atoms with E-state index in [0.717, 1.165) is 12.1 Å². The number of aromatic nitrogens is 2. The minimum Gasteiger partial charge on any atom is -0.325 e. The van der Waals surface area contributed by atoms with Crippen LogP contribution in [-0.4, -0.2) is 16.0 Å². The van der Waals surface area contributed by atoms with Gasteiger partial charge in [0.2, 0.25) is 0 Å². The molecule has 72 valence electrons. The zero-order valence-corrected chi connectivity index (χ0v) is 7.49. The average molecular weight is 183 g/mol. The Bertz CT molecular complexity index is 284. The molecule has 1 aliphatic carbocycles. The molecule has 1 aromatic heterocycles. The fourth-order valence-electron chi connectivity index (χ4n) is 1.96. The molecule has 2 unspecified atom stereocenters. The molecule has 0 aliphatic heterocycles. The van der Waals surface area contributed by atoms with E-state index in [2.05, 4.69) is 5.10 Å². The summed E-state index contributed by atoms with van der Waals surface area (Å²) in [5, 5.41) is 4.17. The van der Waals surface area contributed by atoms with E-state index >= 15 is 0 Å². The van der Waals surface area contributed by atoms with Crippen LogP contribution in [0.15, 0.2) is 12.3 Å². The van der Waals surface area contributed by atoms with Gasteiger partial charge in [0.05, 0.1) is 11.7 Å². The molecule has 0 aromatic carbocycles. The van der Waals surface area contributed by atoms with Crippen LogP contribution in [-0.2, 0) is 6.54 Å². The smallest absolute Gasteiger partial charge is 0.102 e. The summed E-state index contributed by atoms with van der Waals surface area (Å²) in [6.45, 7) is 0.480. The van der Waals surface area contributed by atoms with Crippen LogP contribution in [0.3, 0.4) is 0 Å². The van der Waals surface area contributed by atoms with Crippen molar-refractivity contribution in [2.24, 2.45) is 5.73 Å². The first kappa shape index (κ1) is 8.69. The van der Waals surface area contributed by atoms with Crippen molar-refractivity contribution in [1.82, 2.24) is 9.78 Å². The highest BCUT2D eigenvalue weighted by Crippen LogP contribution is 2.31. The first-order valence-corrected chi connectivity index (χ1v) is 4.68. The molecule has 0 bridgehead atoms. The summed E-state index contributed by atoms with van der Waals surface area (Å²) in [5.41, 5.74) is 6.54. The number of hydrogen-bond acceptors (Lipinski definition) is 2. The molecule has 0 spiro atoms. The molecule has 3 nitrogen and oxygen atoms in total. The summed E-state index contributed by atoms with van der Waals surface area (Å²) in [5.74, 6) is 0. The van der Waals surface area contributed by atoms with E-state index in [4.69, 9.17) is 5.73 Å². The third kappa shape index (κ3) is 1.58. The maximum atomic E-state index is 12.9. The van der Waals surface area contributed by atoms with E-state index in [0.29, 0.717) is 19.4 Å². The van der Waals surface area contributed by atoms with Gasteiger partial charge in [-0.1, -0.05) is 0 Å². The number of hydrogen-bond donors (Lipinski definition) is 1. The third-order valence-corrected chi connectivity index (χ3v) is 2.65. The molecule has 2 atom stereocenters. The third-order valence-electron chi connectivity index (χ3n) is 2.65. The fourth-order valence-corrected chi connectivity index (χ4v) is 1.96. The lowest BCUT2D eigenvalue weighted by Crippen LogP contribution is -2.13. The van der Waals surface area contributed by atoms with Crippen molar-refractivity contribution in [3.63, 3.8) is 0 Å². The van der Waals surface area contributed by atoms with Crippen molar-refractivity contribution >= 4 is 0 Å². The van der Waals surface area contributed by atoms with Gasteiger partial charge in [-0.05, 0) is 18.9 Å². The summed E-state index contributed by atoms with van der Waals surface area (Å²) in [7, 11) is 0. The highest BCUT2D eigenvalue weighted by Gasteiger charge is 2.26. The number of rotatable bonds is 2. The normalized spacial score (nSPS) is 28.2. The highest BCUT2D eigenvalue weighted by atomic mass is 19.1. The van der Waals surface area contributed by atoms with Crippen molar-refractivity contribution in [2.75, 3.05) is 0 Å². The van der Waals surface area contributed by atoms with Gasteiger partial charge in [-0.25, -0.2) is 4.39 Å². The fraction of sp³-hybridized carbons (Fsp3) is 0.667. The van der Waals surface area contributed by atoms with E-state index in [1.165, 1.54) is 0 Å². The van der Waals surface area contributed by atoms with Gasteiger partial charge >= 0.3 is 0 Å². The Morgan fingerprint density at radius 2 is 2.46 bits per heavy atom. The van der Waals surface area contributed by atoms with Crippen LogP contribution < -0.4 is 5.73 Å². The predicted molar refractivity (Wildman–Crippen MR) is 47.9 cm³/mol. The van der Waals surface area contributed by atoms with Gasteiger partial charge in [-0.15, -0.1) is 0 Å². The lowest BCUT2D eigenvalue weighted by Gasteiger charge is -2.12. The SMILES string of the molecule is NCc1ccnn1C1CCC(F)C1. The lowest BCUT2D eigenvalue weighted by atomic mass is 10.2. The van der Waals surface area contributed by atoms with Crippen molar-refractivity contribution in [1.29, 1.82) is 0 Å². The summed E-state index contributed by atoms with van der Waals surface area (Å²) < 4.78 is 14.8. The summed E-state index contributed by atoms with van der Waals surface area (Å²) in [4.78, 5) is 0. The van der Waals surface area contributed by atoms with Crippen LogP contribution in [0.25, 0.3) is 0 Å². The Labute approximate surface area is 76.7 Å². The van der Waals surface area contributed by atoms with Gasteiger partial charge in [-0.3, -0.25) is 4.68 Å². The zero-order chi connectivity index (χ0) is 9.26. The van der Waals surface area contributed by atoms with Crippen LogP contribution in [0.1, 0.15) is 31.0 Å². The summed E-state index contributed by atoms with van der Waals surface area (Å²) in [6.07, 6.45) is 3.21. The van der Waals surface area contributed by atoms with Gasteiger partial charge in [0.25, 0.3) is 0 Å². The Kier molecular flexibility index (Phi) is 2.31. The molecule has 1 aliphatic rings. The standard InChI is InChI=1S/C9H14FN3/c10-7-1-2-8(5-7)13-9(6-11)3-4-12-13/h3-4,7-8H,1-2,5-6,11H2. The van der Waals surface area contributed by atoms with E-state index in [1.807, 2.05) is 10.7 Å². The van der Waals surface area contributed by atoms with Crippen LogP contribution in [0.4, 0.5) is 4.39 Å². The van der Waals surface area contributed by atoms with Crippen LogP contribution in [0, 0.1) is 0 Å². The second kappa shape index (κ2) is 3.46. The van der Waals surface area contributed by atoms with Crippen molar-refractivity contribution < 1.29 is 4.39 Å². The monoisotopic (exact) mass is 183 g/mol. The second-order valence-corrected chi connectivity index (χ2v) is 3.54. The number of nitrogens with two attached hydrogens (primary N) is 1. The van der Waals surface area contributed by atoms with Gasteiger partial charge < -0.3 is 5.73 Å². The molecule has 0 amide bonds. The Morgan fingerprint density at radius 3 is 3.08 bits per heavy atom. The van der Waals surface area contributed by atoms with E-state index < -0.39 is 6.17 Å². The molecule has 1 heterocycles. The van der Waals surface area contributed by atoms with E-state index in [-0.39, 0.29) is 6.04 Å². The van der Waals surface area contributed by atoms with Crippen molar-refractivity contribution in [2.45, 2.75) is 38.0 Å². The molecule has 4 heteroatoms. The number of alkyl halides is 1. The first-order chi connectivity index (χ1) is 6.31. The average Bonchev–Trinajstić information content (AvgIpc) is 2.71. The molecule has 2 N–H and O–H groups in total. The Hall–Kier alpha value is -0.900. The molecule has 1 fully saturated rings. The zero-order valence-electron chi connectivity index (χ0n) is 7.49. The maximum Gasteiger partial charge on any atom is 0.102 e. The van der Waals surface area contributed by atoms with Gasteiger partial charge in [-0.2, -0.15) is 5.10 Å². The molecular formula is C9H14FN3. The quantitative estimate of drug-likeness (QED) is 0.753. The minimum atomic E-state index is -0.653. The number of halogens is 1. The molecule has 13 heavy (non-hydrogen) atoms. The summed E-state index contributed by atoms with van der Waals surface area (Å²) >= 11 is 0. The van der Waals surface area contributed by atoms with Gasteiger partial charge in [0.15, 0.2) is 0 Å². The predicted octanol–water partition coefficient (Wildman–Crippen LogP) is 1.40. The molecule has 2 rings (SSSR count). The molecule has 1 aromatic rings. The van der Waals surface area contributed by atoms with Gasteiger partial charge in [0, 0.05) is 19.2 Å². The first-order valence-electron chi connectivity index (χ1n) is 4.68. The van der Waals surface area contributed by atoms with Crippen molar-refractivity contribution in [3.8, 4) is 0 Å². The second-order valence-electron chi connectivity index (χ2n) is 3.54. The molecular weight excluding hydrogens is 169 g/mol. The van der Waals surface area contributed by atoms with Crippen LogP contribution in [0.5, 0.6) is 0 Å².